The lowest BCUT2D eigenvalue weighted by molar-refractivity contribution is 0.414. The second-order valence-corrected chi connectivity index (χ2v) is 3.84. The summed E-state index contributed by atoms with van der Waals surface area (Å²) in [6, 6.07) is 8.18. The predicted molar refractivity (Wildman–Crippen MR) is 67.9 cm³/mol. The molecular weight excluding hydrogens is 200 g/mol. The number of nitrogens with one attached hydrogen (secondary N) is 2. The van der Waals surface area contributed by atoms with Crippen LogP contribution in [0.3, 0.4) is 0 Å². The van der Waals surface area contributed by atoms with Crippen LogP contribution in [0.25, 0.3) is 0 Å². The lowest BCUT2D eigenvalue weighted by atomic mass is 10.2. The molecule has 0 saturated heterocycles. The molecule has 0 aromatic heterocycles. The van der Waals surface area contributed by atoms with E-state index in [0.717, 1.165) is 25.4 Å². The van der Waals surface area contributed by atoms with Gasteiger partial charge in [0, 0.05) is 6.54 Å². The van der Waals surface area contributed by atoms with Crippen LogP contribution < -0.4 is 15.4 Å². The molecule has 90 valence electrons. The third-order valence-electron chi connectivity index (χ3n) is 2.49. The second kappa shape index (κ2) is 8.13. The Morgan fingerprint density at radius 1 is 1.19 bits per heavy atom. The largest absolute Gasteiger partial charge is 0.497 e. The first-order valence-corrected chi connectivity index (χ1v) is 5.85. The number of hydrogen-bond donors (Lipinski definition) is 2. The fourth-order valence-corrected chi connectivity index (χ4v) is 1.57. The molecule has 2 N–H and O–H groups in total. The van der Waals surface area contributed by atoms with Gasteiger partial charge < -0.3 is 15.4 Å². The minimum Gasteiger partial charge on any atom is -0.497 e. The summed E-state index contributed by atoms with van der Waals surface area (Å²) >= 11 is 0. The van der Waals surface area contributed by atoms with Crippen molar-refractivity contribution in [1.29, 1.82) is 0 Å². The number of unbranched alkanes of at least 4 members (excludes halogenated alkanes) is 1. The number of rotatable bonds is 8. The summed E-state index contributed by atoms with van der Waals surface area (Å²) in [7, 11) is 3.69. The predicted octanol–water partition coefficient (Wildman–Crippen LogP) is 1.78. The normalized spacial score (nSPS) is 10.4. The van der Waals surface area contributed by atoms with Gasteiger partial charge in [0.15, 0.2) is 0 Å². The molecule has 3 nitrogen and oxygen atoms in total. The average Bonchev–Trinajstić information content (AvgIpc) is 2.34. The van der Waals surface area contributed by atoms with Gasteiger partial charge in [0.25, 0.3) is 0 Å². The Labute approximate surface area is 98.2 Å². The van der Waals surface area contributed by atoms with Gasteiger partial charge in [-0.3, -0.25) is 0 Å². The number of hydrogen-bond acceptors (Lipinski definition) is 3. The summed E-state index contributed by atoms with van der Waals surface area (Å²) < 4.78 is 5.18. The molecule has 0 amide bonds. The standard InChI is InChI=1S/C13H22N2O/c1-14-8-3-4-9-15-11-12-6-5-7-13(10-12)16-2/h5-7,10,14-15H,3-4,8-9,11H2,1-2H3. The molecule has 0 aliphatic carbocycles. The molecule has 0 radical (unpaired) electrons. The van der Waals surface area contributed by atoms with Crippen molar-refractivity contribution in [2.24, 2.45) is 0 Å². The third-order valence-corrected chi connectivity index (χ3v) is 2.49. The van der Waals surface area contributed by atoms with Crippen LogP contribution in [0.15, 0.2) is 24.3 Å². The Bertz CT molecular complexity index is 289. The van der Waals surface area contributed by atoms with Crippen molar-refractivity contribution in [1.82, 2.24) is 10.6 Å². The summed E-state index contributed by atoms with van der Waals surface area (Å²) in [5.41, 5.74) is 1.27. The summed E-state index contributed by atoms with van der Waals surface area (Å²) in [6.07, 6.45) is 2.44. The summed E-state index contributed by atoms with van der Waals surface area (Å²) in [6.45, 7) is 3.08. The average molecular weight is 222 g/mol. The molecule has 0 saturated carbocycles. The minimum absolute atomic E-state index is 0.913. The summed E-state index contributed by atoms with van der Waals surface area (Å²) in [5, 5.41) is 6.58. The molecule has 1 rings (SSSR count). The second-order valence-electron chi connectivity index (χ2n) is 3.84. The highest BCUT2D eigenvalue weighted by Gasteiger charge is 1.95. The molecule has 0 bridgehead atoms. The fourth-order valence-electron chi connectivity index (χ4n) is 1.57. The zero-order chi connectivity index (χ0) is 11.6. The van der Waals surface area contributed by atoms with Crippen molar-refractivity contribution in [3.63, 3.8) is 0 Å². The molecule has 0 atom stereocenters. The van der Waals surface area contributed by atoms with Crippen molar-refractivity contribution >= 4 is 0 Å². The highest BCUT2D eigenvalue weighted by atomic mass is 16.5. The quantitative estimate of drug-likeness (QED) is 0.658. The molecular formula is C13H22N2O. The molecule has 0 fully saturated rings. The maximum atomic E-state index is 5.18. The first kappa shape index (κ1) is 13.0. The van der Waals surface area contributed by atoms with Gasteiger partial charge in [-0.2, -0.15) is 0 Å². The van der Waals surface area contributed by atoms with E-state index in [1.807, 2.05) is 19.2 Å². The van der Waals surface area contributed by atoms with E-state index in [-0.39, 0.29) is 0 Å². The Morgan fingerprint density at radius 2 is 2.00 bits per heavy atom. The van der Waals surface area contributed by atoms with Gasteiger partial charge in [0.05, 0.1) is 7.11 Å². The van der Waals surface area contributed by atoms with Gasteiger partial charge in [0.1, 0.15) is 5.75 Å². The molecule has 16 heavy (non-hydrogen) atoms. The smallest absolute Gasteiger partial charge is 0.119 e. The molecule has 0 spiro atoms. The topological polar surface area (TPSA) is 33.3 Å². The minimum atomic E-state index is 0.913. The van der Waals surface area contributed by atoms with Gasteiger partial charge >= 0.3 is 0 Å². The van der Waals surface area contributed by atoms with Crippen molar-refractivity contribution in [2.75, 3.05) is 27.2 Å². The molecule has 1 aromatic rings. The first-order chi connectivity index (χ1) is 7.86. The van der Waals surface area contributed by atoms with Crippen LogP contribution in [0.4, 0.5) is 0 Å². The number of ether oxygens (including phenoxy) is 1. The van der Waals surface area contributed by atoms with Crippen molar-refractivity contribution < 1.29 is 4.74 Å². The van der Waals surface area contributed by atoms with Crippen LogP contribution in [-0.4, -0.2) is 27.2 Å². The Balaban J connectivity index is 2.16. The van der Waals surface area contributed by atoms with Crippen LogP contribution in [0.2, 0.25) is 0 Å². The first-order valence-electron chi connectivity index (χ1n) is 5.85. The third kappa shape index (κ3) is 5.14. The van der Waals surface area contributed by atoms with E-state index in [0.29, 0.717) is 0 Å². The van der Waals surface area contributed by atoms with Crippen LogP contribution in [0.1, 0.15) is 18.4 Å². The maximum Gasteiger partial charge on any atom is 0.119 e. The van der Waals surface area contributed by atoms with Gasteiger partial charge in [0.2, 0.25) is 0 Å². The fraction of sp³-hybridized carbons (Fsp3) is 0.538. The van der Waals surface area contributed by atoms with Gasteiger partial charge in [-0.1, -0.05) is 12.1 Å². The van der Waals surface area contributed by atoms with E-state index >= 15 is 0 Å². The van der Waals surface area contributed by atoms with Gasteiger partial charge in [-0.15, -0.1) is 0 Å². The molecule has 0 aliphatic heterocycles. The van der Waals surface area contributed by atoms with Crippen LogP contribution >= 0.6 is 0 Å². The van der Waals surface area contributed by atoms with E-state index in [9.17, 15) is 0 Å². The van der Waals surface area contributed by atoms with Crippen LogP contribution in [0.5, 0.6) is 5.75 Å². The van der Waals surface area contributed by atoms with E-state index in [2.05, 4.69) is 22.8 Å². The summed E-state index contributed by atoms with van der Waals surface area (Å²) in [4.78, 5) is 0. The molecule has 0 unspecified atom stereocenters. The summed E-state index contributed by atoms with van der Waals surface area (Å²) in [5.74, 6) is 0.925. The highest BCUT2D eigenvalue weighted by Crippen LogP contribution is 2.11. The maximum absolute atomic E-state index is 5.18. The van der Waals surface area contributed by atoms with Crippen molar-refractivity contribution in [3.05, 3.63) is 29.8 Å². The van der Waals surface area contributed by atoms with Gasteiger partial charge in [-0.25, -0.2) is 0 Å². The van der Waals surface area contributed by atoms with E-state index in [1.54, 1.807) is 7.11 Å². The van der Waals surface area contributed by atoms with E-state index in [1.165, 1.54) is 18.4 Å². The Kier molecular flexibility index (Phi) is 6.61. The molecule has 1 aromatic carbocycles. The monoisotopic (exact) mass is 222 g/mol. The lowest BCUT2D eigenvalue weighted by Crippen LogP contribution is -2.16. The number of methoxy groups -OCH3 is 1. The lowest BCUT2D eigenvalue weighted by Gasteiger charge is -2.06. The number of benzene rings is 1. The molecule has 3 heteroatoms. The van der Waals surface area contributed by atoms with Crippen LogP contribution in [0, 0.1) is 0 Å². The van der Waals surface area contributed by atoms with Gasteiger partial charge in [-0.05, 0) is 50.7 Å². The zero-order valence-corrected chi connectivity index (χ0v) is 10.3. The highest BCUT2D eigenvalue weighted by molar-refractivity contribution is 5.28. The Hall–Kier alpha value is -1.06. The Morgan fingerprint density at radius 3 is 2.75 bits per heavy atom. The van der Waals surface area contributed by atoms with E-state index < -0.39 is 0 Å². The SMILES string of the molecule is CNCCCCNCc1cccc(OC)c1. The van der Waals surface area contributed by atoms with E-state index in [4.69, 9.17) is 4.74 Å². The zero-order valence-electron chi connectivity index (χ0n) is 10.3. The molecule has 0 heterocycles. The van der Waals surface area contributed by atoms with Crippen molar-refractivity contribution in [3.8, 4) is 5.75 Å². The van der Waals surface area contributed by atoms with Crippen LogP contribution in [-0.2, 0) is 6.54 Å². The molecule has 0 aliphatic rings. The van der Waals surface area contributed by atoms with Crippen molar-refractivity contribution in [2.45, 2.75) is 19.4 Å².